The highest BCUT2D eigenvalue weighted by Crippen LogP contribution is 2.28. The maximum atomic E-state index is 8.98. The summed E-state index contributed by atoms with van der Waals surface area (Å²) in [5, 5.41) is 13.0. The Morgan fingerprint density at radius 1 is 1.42 bits per heavy atom. The van der Waals surface area contributed by atoms with E-state index in [2.05, 4.69) is 32.2 Å². The van der Waals surface area contributed by atoms with Crippen LogP contribution in [-0.4, -0.2) is 11.6 Å². The van der Waals surface area contributed by atoms with Crippen molar-refractivity contribution in [3.05, 3.63) is 28.8 Å². The summed E-state index contributed by atoms with van der Waals surface area (Å²) in [6.07, 6.45) is 0.210. The molecule has 0 aliphatic heterocycles. The third-order valence-electron chi connectivity index (χ3n) is 2.66. The molecule has 0 fully saturated rings. The summed E-state index contributed by atoms with van der Waals surface area (Å²) in [6, 6.07) is 7.66. The van der Waals surface area contributed by atoms with Crippen molar-refractivity contribution in [1.29, 1.82) is 5.26 Å². The predicted molar refractivity (Wildman–Crippen MR) is 78.4 cm³/mol. The second-order valence-corrected chi connectivity index (χ2v) is 5.87. The zero-order valence-electron chi connectivity index (χ0n) is 12.0. The first-order chi connectivity index (χ1) is 8.87. The van der Waals surface area contributed by atoms with E-state index in [-0.39, 0.29) is 5.54 Å². The van der Waals surface area contributed by atoms with Crippen LogP contribution in [0.4, 0.5) is 0 Å². The van der Waals surface area contributed by atoms with Crippen molar-refractivity contribution in [3.63, 3.8) is 0 Å². The molecule has 1 rings (SSSR count). The van der Waals surface area contributed by atoms with Crippen molar-refractivity contribution >= 4 is 11.6 Å². The van der Waals surface area contributed by atoms with Gasteiger partial charge in [0, 0.05) is 22.7 Å². The maximum Gasteiger partial charge on any atom is 0.184 e. The minimum absolute atomic E-state index is 0.00414. The second kappa shape index (κ2) is 6.79. The van der Waals surface area contributed by atoms with Crippen molar-refractivity contribution in [2.75, 3.05) is 0 Å². The number of halogens is 1. The van der Waals surface area contributed by atoms with E-state index in [1.807, 2.05) is 25.1 Å². The van der Waals surface area contributed by atoms with Crippen molar-refractivity contribution in [2.45, 2.75) is 52.3 Å². The van der Waals surface area contributed by atoms with Gasteiger partial charge in [-0.25, -0.2) is 0 Å². The number of benzene rings is 1. The van der Waals surface area contributed by atoms with Crippen molar-refractivity contribution in [3.8, 4) is 11.8 Å². The largest absolute Gasteiger partial charge is 0.475 e. The number of hydrogen-bond acceptors (Lipinski definition) is 3. The molecule has 4 heteroatoms. The molecule has 19 heavy (non-hydrogen) atoms. The number of nitriles is 1. The third-order valence-corrected chi connectivity index (χ3v) is 3.01. The Kier molecular flexibility index (Phi) is 5.65. The lowest BCUT2D eigenvalue weighted by Gasteiger charge is -2.22. The summed E-state index contributed by atoms with van der Waals surface area (Å²) >= 11 is 6.23. The van der Waals surface area contributed by atoms with E-state index >= 15 is 0 Å². The normalized spacial score (nSPS) is 12.8. The lowest BCUT2D eigenvalue weighted by atomic mass is 10.1. The van der Waals surface area contributed by atoms with Gasteiger partial charge in [-0.3, -0.25) is 0 Å². The van der Waals surface area contributed by atoms with Gasteiger partial charge in [-0.15, -0.1) is 0 Å². The molecule has 0 bridgehead atoms. The first kappa shape index (κ1) is 15.8. The molecule has 1 N–H and O–H groups in total. The molecule has 0 saturated heterocycles. The van der Waals surface area contributed by atoms with Gasteiger partial charge in [0.2, 0.25) is 0 Å². The summed E-state index contributed by atoms with van der Waals surface area (Å²) in [6.45, 7) is 8.81. The van der Waals surface area contributed by atoms with Gasteiger partial charge < -0.3 is 10.1 Å². The van der Waals surface area contributed by atoms with Gasteiger partial charge in [0.1, 0.15) is 11.8 Å². The zero-order valence-corrected chi connectivity index (χ0v) is 12.7. The Labute approximate surface area is 120 Å². The first-order valence-corrected chi connectivity index (χ1v) is 6.84. The zero-order chi connectivity index (χ0) is 14.5. The van der Waals surface area contributed by atoms with E-state index in [1.165, 1.54) is 0 Å². The highest BCUT2D eigenvalue weighted by atomic mass is 35.5. The smallest absolute Gasteiger partial charge is 0.184 e. The van der Waals surface area contributed by atoms with Gasteiger partial charge in [0.05, 0.1) is 0 Å². The molecule has 1 atom stereocenters. The number of hydrogen-bond donors (Lipinski definition) is 1. The molecule has 0 spiro atoms. The SMILES string of the molecule is CCC(C#N)Oc1cccc(Cl)c1CNC(C)(C)C. The van der Waals surface area contributed by atoms with Gasteiger partial charge >= 0.3 is 0 Å². The number of rotatable bonds is 5. The first-order valence-electron chi connectivity index (χ1n) is 6.46. The molecule has 1 aromatic rings. The van der Waals surface area contributed by atoms with Crippen LogP contribution in [0, 0.1) is 11.3 Å². The second-order valence-electron chi connectivity index (χ2n) is 5.46. The molecule has 104 valence electrons. The molecule has 1 aromatic carbocycles. The van der Waals surface area contributed by atoms with E-state index < -0.39 is 6.10 Å². The minimum Gasteiger partial charge on any atom is -0.475 e. The Morgan fingerprint density at radius 3 is 2.63 bits per heavy atom. The average molecular weight is 281 g/mol. The summed E-state index contributed by atoms with van der Waals surface area (Å²) in [4.78, 5) is 0. The predicted octanol–water partition coefficient (Wildman–Crippen LogP) is 3.91. The fourth-order valence-corrected chi connectivity index (χ4v) is 1.76. The molecular weight excluding hydrogens is 260 g/mol. The molecule has 0 aromatic heterocycles. The number of ether oxygens (including phenoxy) is 1. The molecule has 0 saturated carbocycles. The quantitative estimate of drug-likeness (QED) is 0.889. The van der Waals surface area contributed by atoms with Crippen molar-refractivity contribution < 1.29 is 4.74 Å². The Hall–Kier alpha value is -1.24. The number of nitrogens with zero attached hydrogens (tertiary/aromatic N) is 1. The van der Waals surface area contributed by atoms with Crippen LogP contribution in [0.25, 0.3) is 0 Å². The van der Waals surface area contributed by atoms with Crippen LogP contribution in [0.2, 0.25) is 5.02 Å². The van der Waals surface area contributed by atoms with E-state index in [0.29, 0.717) is 23.7 Å². The molecule has 0 radical (unpaired) electrons. The lowest BCUT2D eigenvalue weighted by molar-refractivity contribution is 0.248. The molecule has 0 amide bonds. The van der Waals surface area contributed by atoms with Crippen molar-refractivity contribution in [2.24, 2.45) is 0 Å². The van der Waals surface area contributed by atoms with E-state index in [0.717, 1.165) is 5.56 Å². The molecular formula is C15H21ClN2O. The number of nitrogens with one attached hydrogen (secondary N) is 1. The van der Waals surface area contributed by atoms with Gasteiger partial charge in [0.15, 0.2) is 6.10 Å². The van der Waals surface area contributed by atoms with Crippen LogP contribution in [0.1, 0.15) is 39.7 Å². The van der Waals surface area contributed by atoms with Gasteiger partial charge in [-0.1, -0.05) is 24.6 Å². The topological polar surface area (TPSA) is 45.0 Å². The fraction of sp³-hybridized carbons (Fsp3) is 0.533. The van der Waals surface area contributed by atoms with Gasteiger partial charge in [0.25, 0.3) is 0 Å². The lowest BCUT2D eigenvalue weighted by Crippen LogP contribution is -2.35. The van der Waals surface area contributed by atoms with Gasteiger partial charge in [-0.2, -0.15) is 5.26 Å². The Balaban J connectivity index is 2.92. The van der Waals surface area contributed by atoms with E-state index in [1.54, 1.807) is 0 Å². The fourth-order valence-electron chi connectivity index (χ4n) is 1.53. The van der Waals surface area contributed by atoms with Crippen LogP contribution in [0.15, 0.2) is 18.2 Å². The average Bonchev–Trinajstić information content (AvgIpc) is 2.33. The summed E-state index contributed by atoms with van der Waals surface area (Å²) in [5.74, 6) is 0.678. The molecule has 3 nitrogen and oxygen atoms in total. The van der Waals surface area contributed by atoms with Crippen LogP contribution in [0.3, 0.4) is 0 Å². The van der Waals surface area contributed by atoms with Gasteiger partial charge in [-0.05, 0) is 39.3 Å². The minimum atomic E-state index is -0.438. The Bertz CT molecular complexity index is 460. The molecule has 0 aliphatic carbocycles. The highest BCUT2D eigenvalue weighted by Gasteiger charge is 2.15. The summed E-state index contributed by atoms with van der Waals surface area (Å²) in [7, 11) is 0. The molecule has 0 heterocycles. The third kappa shape index (κ3) is 5.10. The summed E-state index contributed by atoms with van der Waals surface area (Å²) in [5.41, 5.74) is 0.892. The standard InChI is InChI=1S/C15H21ClN2O/c1-5-11(9-17)19-14-8-6-7-13(16)12(14)10-18-15(2,3)4/h6-8,11,18H,5,10H2,1-4H3. The van der Waals surface area contributed by atoms with Crippen LogP contribution < -0.4 is 10.1 Å². The van der Waals surface area contributed by atoms with E-state index in [4.69, 9.17) is 21.6 Å². The Morgan fingerprint density at radius 2 is 2.11 bits per heavy atom. The van der Waals surface area contributed by atoms with E-state index in [9.17, 15) is 0 Å². The maximum absolute atomic E-state index is 8.98. The summed E-state index contributed by atoms with van der Waals surface area (Å²) < 4.78 is 5.70. The highest BCUT2D eigenvalue weighted by molar-refractivity contribution is 6.31. The molecule has 1 unspecified atom stereocenters. The molecule has 0 aliphatic rings. The van der Waals surface area contributed by atoms with Crippen LogP contribution in [0.5, 0.6) is 5.75 Å². The van der Waals surface area contributed by atoms with Crippen LogP contribution >= 0.6 is 11.6 Å². The monoisotopic (exact) mass is 280 g/mol. The van der Waals surface area contributed by atoms with Crippen molar-refractivity contribution in [1.82, 2.24) is 5.32 Å². The van der Waals surface area contributed by atoms with Crippen LogP contribution in [-0.2, 0) is 6.54 Å².